The van der Waals surface area contributed by atoms with Crippen LogP contribution in [-0.2, 0) is 14.3 Å². The van der Waals surface area contributed by atoms with Gasteiger partial charge in [-0.15, -0.1) is 0 Å². The van der Waals surface area contributed by atoms with Crippen molar-refractivity contribution in [1.82, 2.24) is 9.78 Å². The second kappa shape index (κ2) is 9.11. The third-order valence-electron chi connectivity index (χ3n) is 4.58. The standard InChI is InChI=1S/C24H19N3O4/c1-29-11-12-30-24(28)18(15-25)13-19-16-27(20-8-3-2-4-9-20)26-23(19)22-14-17-7-5-6-10-21(17)31-22/h2-10,13-14,16H,11-12H2,1H3. The summed E-state index contributed by atoms with van der Waals surface area (Å²) in [4.78, 5) is 12.3. The SMILES string of the molecule is COCCOC(=O)C(C#N)=Cc1cn(-c2ccccc2)nc1-c1cc2ccccc2o1. The fraction of sp³-hybridized carbons (Fsp3) is 0.125. The van der Waals surface area contributed by atoms with E-state index in [1.54, 1.807) is 10.9 Å². The van der Waals surface area contributed by atoms with Gasteiger partial charge >= 0.3 is 5.97 Å². The van der Waals surface area contributed by atoms with Gasteiger partial charge < -0.3 is 13.9 Å². The molecule has 2 aromatic carbocycles. The van der Waals surface area contributed by atoms with Crippen LogP contribution in [0.1, 0.15) is 5.56 Å². The van der Waals surface area contributed by atoms with Gasteiger partial charge in [0.05, 0.1) is 12.3 Å². The molecule has 4 aromatic rings. The lowest BCUT2D eigenvalue weighted by Crippen LogP contribution is -2.11. The molecule has 7 nitrogen and oxygen atoms in total. The number of hydrogen-bond acceptors (Lipinski definition) is 6. The van der Waals surface area contributed by atoms with E-state index < -0.39 is 5.97 Å². The van der Waals surface area contributed by atoms with Gasteiger partial charge in [-0.2, -0.15) is 10.4 Å². The number of nitrogens with zero attached hydrogens (tertiary/aromatic N) is 3. The van der Waals surface area contributed by atoms with E-state index in [-0.39, 0.29) is 18.8 Å². The second-order valence-corrected chi connectivity index (χ2v) is 6.66. The Bertz CT molecular complexity index is 1250. The predicted molar refractivity (Wildman–Crippen MR) is 115 cm³/mol. The van der Waals surface area contributed by atoms with Crippen LogP contribution in [0.4, 0.5) is 0 Å². The number of esters is 1. The highest BCUT2D eigenvalue weighted by molar-refractivity contribution is 5.99. The average Bonchev–Trinajstić information content (AvgIpc) is 3.42. The highest BCUT2D eigenvalue weighted by atomic mass is 16.6. The molecular formula is C24H19N3O4. The molecule has 0 N–H and O–H groups in total. The maximum atomic E-state index is 12.3. The van der Waals surface area contributed by atoms with Gasteiger partial charge in [0.2, 0.25) is 0 Å². The zero-order valence-electron chi connectivity index (χ0n) is 16.8. The summed E-state index contributed by atoms with van der Waals surface area (Å²) in [6.07, 6.45) is 3.21. The summed E-state index contributed by atoms with van der Waals surface area (Å²) in [6, 6.07) is 21.0. The molecule has 0 fully saturated rings. The molecular weight excluding hydrogens is 394 g/mol. The monoisotopic (exact) mass is 413 g/mol. The molecule has 0 spiro atoms. The Kier molecular flexibility index (Phi) is 5.92. The van der Waals surface area contributed by atoms with Crippen molar-refractivity contribution in [3.63, 3.8) is 0 Å². The lowest BCUT2D eigenvalue weighted by molar-refractivity contribution is -0.139. The van der Waals surface area contributed by atoms with E-state index in [9.17, 15) is 10.1 Å². The molecule has 0 saturated carbocycles. The molecule has 0 amide bonds. The summed E-state index contributed by atoms with van der Waals surface area (Å²) in [5, 5.41) is 15.1. The minimum absolute atomic E-state index is 0.0636. The Hall–Kier alpha value is -4.15. The Balaban J connectivity index is 1.79. The molecule has 31 heavy (non-hydrogen) atoms. The molecule has 4 rings (SSSR count). The zero-order valence-corrected chi connectivity index (χ0v) is 16.8. The summed E-state index contributed by atoms with van der Waals surface area (Å²) < 4.78 is 17.6. The van der Waals surface area contributed by atoms with Crippen LogP contribution in [-0.4, -0.2) is 36.1 Å². The first kappa shape index (κ1) is 20.1. The second-order valence-electron chi connectivity index (χ2n) is 6.66. The molecule has 0 saturated heterocycles. The summed E-state index contributed by atoms with van der Waals surface area (Å²) in [5.41, 5.74) is 2.49. The van der Waals surface area contributed by atoms with Crippen molar-refractivity contribution in [2.45, 2.75) is 0 Å². The third kappa shape index (κ3) is 4.39. The number of carbonyl (C=O) groups is 1. The van der Waals surface area contributed by atoms with E-state index in [1.807, 2.05) is 66.7 Å². The molecule has 0 radical (unpaired) electrons. The number of nitriles is 1. The van der Waals surface area contributed by atoms with Gasteiger partial charge in [-0.05, 0) is 30.3 Å². The van der Waals surface area contributed by atoms with Crippen LogP contribution < -0.4 is 0 Å². The molecule has 0 aliphatic heterocycles. The van der Waals surface area contributed by atoms with Crippen molar-refractivity contribution in [2.75, 3.05) is 20.3 Å². The number of ether oxygens (including phenoxy) is 2. The van der Waals surface area contributed by atoms with Gasteiger partial charge in [0.1, 0.15) is 29.5 Å². The lowest BCUT2D eigenvalue weighted by atomic mass is 10.1. The molecule has 0 unspecified atom stereocenters. The van der Waals surface area contributed by atoms with Crippen molar-refractivity contribution >= 4 is 23.0 Å². The first-order chi connectivity index (χ1) is 15.2. The summed E-state index contributed by atoms with van der Waals surface area (Å²) >= 11 is 0. The molecule has 2 heterocycles. The molecule has 0 aliphatic rings. The predicted octanol–water partition coefficient (Wildman–Crippen LogP) is 4.38. The Morgan fingerprint density at radius 2 is 1.94 bits per heavy atom. The van der Waals surface area contributed by atoms with E-state index in [4.69, 9.17) is 13.9 Å². The molecule has 2 aromatic heterocycles. The van der Waals surface area contributed by atoms with Gasteiger partial charge in [0.15, 0.2) is 5.76 Å². The first-order valence-electron chi connectivity index (χ1n) is 9.61. The lowest BCUT2D eigenvalue weighted by Gasteiger charge is -2.02. The van der Waals surface area contributed by atoms with E-state index in [1.165, 1.54) is 13.2 Å². The van der Waals surface area contributed by atoms with Crippen molar-refractivity contribution in [3.8, 4) is 23.2 Å². The van der Waals surface area contributed by atoms with E-state index >= 15 is 0 Å². The first-order valence-corrected chi connectivity index (χ1v) is 9.61. The summed E-state index contributed by atoms with van der Waals surface area (Å²) in [6.45, 7) is 0.314. The van der Waals surface area contributed by atoms with Crippen LogP contribution >= 0.6 is 0 Å². The van der Waals surface area contributed by atoms with Gasteiger partial charge in [0, 0.05) is 24.3 Å². The fourth-order valence-electron chi connectivity index (χ4n) is 3.08. The number of fused-ring (bicyclic) bond motifs is 1. The normalized spacial score (nSPS) is 11.4. The van der Waals surface area contributed by atoms with Gasteiger partial charge in [-0.1, -0.05) is 36.4 Å². The number of rotatable bonds is 7. The van der Waals surface area contributed by atoms with Crippen molar-refractivity contribution < 1.29 is 18.7 Å². The van der Waals surface area contributed by atoms with Crippen molar-refractivity contribution in [3.05, 3.63) is 78.0 Å². The smallest absolute Gasteiger partial charge is 0.348 e. The Morgan fingerprint density at radius 3 is 2.68 bits per heavy atom. The van der Waals surface area contributed by atoms with E-state index in [0.717, 1.165) is 16.7 Å². The number of methoxy groups -OCH3 is 1. The van der Waals surface area contributed by atoms with Crippen LogP contribution in [0.25, 0.3) is 34.2 Å². The third-order valence-corrected chi connectivity index (χ3v) is 4.58. The summed E-state index contributed by atoms with van der Waals surface area (Å²) in [5.74, 6) is -0.185. The maximum Gasteiger partial charge on any atom is 0.348 e. The number of hydrogen-bond donors (Lipinski definition) is 0. The quantitative estimate of drug-likeness (QED) is 0.193. The topological polar surface area (TPSA) is 90.3 Å². The van der Waals surface area contributed by atoms with Crippen LogP contribution in [0, 0.1) is 11.3 Å². The summed E-state index contributed by atoms with van der Waals surface area (Å²) in [7, 11) is 1.51. The largest absolute Gasteiger partial charge is 0.459 e. The fourth-order valence-corrected chi connectivity index (χ4v) is 3.08. The van der Waals surface area contributed by atoms with Crippen LogP contribution in [0.3, 0.4) is 0 Å². The molecule has 0 atom stereocenters. The number of furan rings is 1. The minimum atomic E-state index is -0.720. The van der Waals surface area contributed by atoms with Crippen LogP contribution in [0.5, 0.6) is 0 Å². The van der Waals surface area contributed by atoms with Crippen LogP contribution in [0.2, 0.25) is 0 Å². The van der Waals surface area contributed by atoms with Crippen molar-refractivity contribution in [2.24, 2.45) is 0 Å². The van der Waals surface area contributed by atoms with Gasteiger partial charge in [-0.25, -0.2) is 9.48 Å². The zero-order chi connectivity index (χ0) is 21.6. The highest BCUT2D eigenvalue weighted by Gasteiger charge is 2.18. The van der Waals surface area contributed by atoms with Gasteiger partial charge in [0.25, 0.3) is 0 Å². The number of carbonyl (C=O) groups excluding carboxylic acids is 1. The van der Waals surface area contributed by atoms with E-state index in [2.05, 4.69) is 5.10 Å². The molecule has 0 aliphatic carbocycles. The highest BCUT2D eigenvalue weighted by Crippen LogP contribution is 2.31. The number of para-hydroxylation sites is 2. The Morgan fingerprint density at radius 1 is 1.16 bits per heavy atom. The minimum Gasteiger partial charge on any atom is -0.459 e. The Labute approximate surface area is 178 Å². The van der Waals surface area contributed by atoms with Gasteiger partial charge in [-0.3, -0.25) is 0 Å². The maximum absolute atomic E-state index is 12.3. The van der Waals surface area contributed by atoms with Crippen LogP contribution in [0.15, 0.2) is 76.9 Å². The number of benzene rings is 2. The van der Waals surface area contributed by atoms with Crippen molar-refractivity contribution in [1.29, 1.82) is 5.26 Å². The molecule has 154 valence electrons. The molecule has 0 bridgehead atoms. The molecule has 7 heteroatoms. The average molecular weight is 413 g/mol. The number of aromatic nitrogens is 2. The van der Waals surface area contributed by atoms with E-state index in [0.29, 0.717) is 17.0 Å².